The number of para-hydroxylation sites is 1. The molecular weight excluding hydrogens is 533 g/mol. The number of rotatable bonds is 7. The van der Waals surface area contributed by atoms with Crippen LogP contribution in [0, 0.1) is 0 Å². The maximum atomic E-state index is 13.3. The molecule has 1 aliphatic rings. The SMILES string of the molecule is O=C(Oc1cccc2c1OC(c1ccccc1)(c1ccccc1)O2)c1cc(CCc2ccccc2C(F)(F)F)n[nH]1. The minimum absolute atomic E-state index is 0.0537. The van der Waals surface area contributed by atoms with Crippen molar-refractivity contribution < 1.29 is 32.2 Å². The predicted octanol–water partition coefficient (Wildman–Crippen LogP) is 7.11. The lowest BCUT2D eigenvalue weighted by Crippen LogP contribution is -2.36. The van der Waals surface area contributed by atoms with Gasteiger partial charge in [-0.25, -0.2) is 4.79 Å². The van der Waals surface area contributed by atoms with E-state index in [4.69, 9.17) is 14.2 Å². The molecule has 0 radical (unpaired) electrons. The fraction of sp³-hybridized carbons (Fsp3) is 0.125. The molecule has 0 amide bonds. The molecule has 0 spiro atoms. The molecule has 0 fully saturated rings. The number of fused-ring (bicyclic) bond motifs is 1. The number of carbonyl (C=O) groups excluding carboxylic acids is 1. The Morgan fingerprint density at radius 1 is 0.805 bits per heavy atom. The molecule has 0 atom stereocenters. The van der Waals surface area contributed by atoms with Gasteiger partial charge in [-0.15, -0.1) is 0 Å². The van der Waals surface area contributed by atoms with E-state index < -0.39 is 23.5 Å². The molecule has 1 N–H and O–H groups in total. The van der Waals surface area contributed by atoms with Crippen molar-refractivity contribution in [3.8, 4) is 17.2 Å². The topological polar surface area (TPSA) is 73.4 Å². The third kappa shape index (κ3) is 5.14. The minimum Gasteiger partial charge on any atom is -0.440 e. The fourth-order valence-corrected chi connectivity index (χ4v) is 4.82. The molecule has 0 unspecified atom stereocenters. The molecule has 9 heteroatoms. The molecule has 0 aliphatic carbocycles. The van der Waals surface area contributed by atoms with Crippen LogP contribution in [0.1, 0.15) is 38.4 Å². The number of ether oxygens (including phenoxy) is 3. The lowest BCUT2D eigenvalue weighted by molar-refractivity contribution is -0.138. The molecule has 0 saturated heterocycles. The second kappa shape index (κ2) is 10.5. The largest absolute Gasteiger partial charge is 0.440 e. The van der Waals surface area contributed by atoms with Gasteiger partial charge in [0.15, 0.2) is 11.5 Å². The molecule has 206 valence electrons. The summed E-state index contributed by atoms with van der Waals surface area (Å²) in [5.74, 6) is -1.21. The Morgan fingerprint density at radius 2 is 1.46 bits per heavy atom. The maximum absolute atomic E-state index is 13.3. The van der Waals surface area contributed by atoms with Gasteiger partial charge in [-0.2, -0.15) is 18.3 Å². The zero-order valence-electron chi connectivity index (χ0n) is 21.5. The molecule has 41 heavy (non-hydrogen) atoms. The second-order valence-corrected chi connectivity index (χ2v) is 9.45. The lowest BCUT2D eigenvalue weighted by Gasteiger charge is -2.28. The highest BCUT2D eigenvalue weighted by Crippen LogP contribution is 2.51. The average Bonchev–Trinajstić information content (AvgIpc) is 3.63. The van der Waals surface area contributed by atoms with Gasteiger partial charge < -0.3 is 14.2 Å². The summed E-state index contributed by atoms with van der Waals surface area (Å²) in [5.41, 5.74) is 1.47. The van der Waals surface area contributed by atoms with Gasteiger partial charge >= 0.3 is 17.9 Å². The number of H-pyrrole nitrogens is 1. The number of nitrogens with zero attached hydrogens (tertiary/aromatic N) is 1. The molecule has 1 aliphatic heterocycles. The first-order chi connectivity index (χ1) is 19.8. The van der Waals surface area contributed by atoms with E-state index in [0.29, 0.717) is 11.4 Å². The third-order valence-corrected chi connectivity index (χ3v) is 6.78. The van der Waals surface area contributed by atoms with Gasteiger partial charge in [-0.1, -0.05) is 84.9 Å². The monoisotopic (exact) mass is 556 g/mol. The van der Waals surface area contributed by atoms with E-state index in [1.165, 1.54) is 18.2 Å². The van der Waals surface area contributed by atoms with Crippen molar-refractivity contribution in [3.63, 3.8) is 0 Å². The van der Waals surface area contributed by atoms with Gasteiger partial charge in [0.05, 0.1) is 11.3 Å². The van der Waals surface area contributed by atoms with Crippen molar-refractivity contribution in [2.24, 2.45) is 0 Å². The van der Waals surface area contributed by atoms with Crippen LogP contribution in [0.3, 0.4) is 0 Å². The molecule has 0 bridgehead atoms. The number of carbonyl (C=O) groups is 1. The molecule has 1 aromatic heterocycles. The van der Waals surface area contributed by atoms with Crippen LogP contribution >= 0.6 is 0 Å². The first kappa shape index (κ1) is 26.2. The van der Waals surface area contributed by atoms with E-state index in [1.54, 1.807) is 24.3 Å². The molecule has 4 aromatic carbocycles. The zero-order chi connectivity index (χ0) is 28.5. The summed E-state index contributed by atoms with van der Waals surface area (Å²) in [4.78, 5) is 13.0. The number of benzene rings is 4. The van der Waals surface area contributed by atoms with Gasteiger partial charge in [-0.05, 0) is 42.7 Å². The Bertz CT molecular complexity index is 1650. The summed E-state index contributed by atoms with van der Waals surface area (Å²) < 4.78 is 58.5. The van der Waals surface area contributed by atoms with Crippen molar-refractivity contribution in [2.75, 3.05) is 0 Å². The van der Waals surface area contributed by atoms with Crippen LogP contribution in [-0.2, 0) is 24.8 Å². The van der Waals surface area contributed by atoms with Crippen LogP contribution in [-0.4, -0.2) is 16.2 Å². The van der Waals surface area contributed by atoms with Gasteiger partial charge in [0.2, 0.25) is 5.75 Å². The van der Waals surface area contributed by atoms with Crippen LogP contribution in [0.2, 0.25) is 0 Å². The molecule has 6 rings (SSSR count). The quantitative estimate of drug-likeness (QED) is 0.171. The van der Waals surface area contributed by atoms with E-state index in [2.05, 4.69) is 10.2 Å². The number of hydrogen-bond donors (Lipinski definition) is 1. The van der Waals surface area contributed by atoms with E-state index in [-0.39, 0.29) is 35.6 Å². The number of esters is 1. The summed E-state index contributed by atoms with van der Waals surface area (Å²) in [6.45, 7) is 0. The van der Waals surface area contributed by atoms with E-state index in [1.807, 2.05) is 60.7 Å². The van der Waals surface area contributed by atoms with E-state index in [9.17, 15) is 18.0 Å². The summed E-state index contributed by atoms with van der Waals surface area (Å²) in [5, 5.41) is 6.72. The number of alkyl halides is 3. The van der Waals surface area contributed by atoms with Crippen LogP contribution in [0.15, 0.2) is 109 Å². The van der Waals surface area contributed by atoms with Crippen LogP contribution in [0.25, 0.3) is 0 Å². The lowest BCUT2D eigenvalue weighted by atomic mass is 9.97. The number of hydrogen-bond acceptors (Lipinski definition) is 5. The van der Waals surface area contributed by atoms with E-state index in [0.717, 1.165) is 17.2 Å². The van der Waals surface area contributed by atoms with Gasteiger partial charge in [0.1, 0.15) is 5.69 Å². The standard InChI is InChI=1S/C32H23F3N2O4/c33-32(34,35)25-15-8-7-10-21(25)18-19-24-20-26(37-36-24)30(38)39-27-16-9-17-28-29(27)41-31(40-28,22-11-3-1-4-12-22)23-13-5-2-6-14-23/h1-17,20H,18-19H2,(H,36,37). The van der Waals surface area contributed by atoms with Crippen molar-refractivity contribution >= 4 is 5.97 Å². The van der Waals surface area contributed by atoms with Crippen LogP contribution in [0.4, 0.5) is 13.2 Å². The number of aryl methyl sites for hydroxylation is 2. The summed E-state index contributed by atoms with van der Waals surface area (Å²) in [7, 11) is 0. The van der Waals surface area contributed by atoms with Crippen LogP contribution in [0.5, 0.6) is 17.2 Å². The summed E-state index contributed by atoms with van der Waals surface area (Å²) in [6, 6.07) is 30.8. The molecule has 2 heterocycles. The Balaban J connectivity index is 1.21. The average molecular weight is 557 g/mol. The molecule has 6 nitrogen and oxygen atoms in total. The minimum atomic E-state index is -4.45. The fourth-order valence-electron chi connectivity index (χ4n) is 4.82. The number of nitrogens with one attached hydrogen (secondary N) is 1. The highest BCUT2D eigenvalue weighted by Gasteiger charge is 2.46. The molecular formula is C32H23F3N2O4. The summed E-state index contributed by atoms with van der Waals surface area (Å²) >= 11 is 0. The van der Waals surface area contributed by atoms with Gasteiger partial charge in [0, 0.05) is 11.1 Å². The van der Waals surface area contributed by atoms with Crippen molar-refractivity contribution in [3.05, 3.63) is 143 Å². The maximum Gasteiger partial charge on any atom is 0.416 e. The zero-order valence-corrected chi connectivity index (χ0v) is 21.5. The Kier molecular flexibility index (Phi) is 6.70. The van der Waals surface area contributed by atoms with E-state index >= 15 is 0 Å². The van der Waals surface area contributed by atoms with Crippen molar-refractivity contribution in [1.29, 1.82) is 0 Å². The number of aromatic nitrogens is 2. The van der Waals surface area contributed by atoms with Gasteiger partial charge in [-0.3, -0.25) is 5.10 Å². The molecule has 0 saturated carbocycles. The number of halogens is 3. The summed E-state index contributed by atoms with van der Waals surface area (Å²) in [6.07, 6.45) is -4.14. The molecule has 5 aromatic rings. The Morgan fingerprint density at radius 3 is 2.15 bits per heavy atom. The first-order valence-electron chi connectivity index (χ1n) is 12.9. The smallest absolute Gasteiger partial charge is 0.416 e. The second-order valence-electron chi connectivity index (χ2n) is 9.45. The Labute approximate surface area is 233 Å². The first-order valence-corrected chi connectivity index (χ1v) is 12.9. The van der Waals surface area contributed by atoms with Gasteiger partial charge in [0.25, 0.3) is 0 Å². The normalized spacial score (nSPS) is 13.6. The van der Waals surface area contributed by atoms with Crippen molar-refractivity contribution in [1.82, 2.24) is 10.2 Å². The highest BCUT2D eigenvalue weighted by molar-refractivity contribution is 5.89. The predicted molar refractivity (Wildman–Crippen MR) is 144 cm³/mol. The van der Waals surface area contributed by atoms with Crippen LogP contribution < -0.4 is 14.2 Å². The third-order valence-electron chi connectivity index (χ3n) is 6.78. The Hall–Kier alpha value is -5.05. The highest BCUT2D eigenvalue weighted by atomic mass is 19.4. The number of aromatic amines is 1. The van der Waals surface area contributed by atoms with Crippen molar-refractivity contribution in [2.45, 2.75) is 24.8 Å².